The number of allylic oxidation sites excluding steroid dienone is 2. The topological polar surface area (TPSA) is 52.6 Å². The van der Waals surface area contributed by atoms with E-state index in [9.17, 15) is 9.59 Å². The Kier molecular flexibility index (Phi) is 16.2. The van der Waals surface area contributed by atoms with E-state index in [1.54, 1.807) is 0 Å². The molecule has 4 nitrogen and oxygen atoms in total. The van der Waals surface area contributed by atoms with Crippen LogP contribution in [0.15, 0.2) is 24.3 Å². The quantitative estimate of drug-likeness (QED) is 0.117. The second-order valence-corrected chi connectivity index (χ2v) is 8.17. The van der Waals surface area contributed by atoms with Gasteiger partial charge in [0.15, 0.2) is 0 Å². The minimum atomic E-state index is -0.470. The lowest BCUT2D eigenvalue weighted by atomic mass is 9.95. The summed E-state index contributed by atoms with van der Waals surface area (Å²) in [7, 11) is 0. The van der Waals surface area contributed by atoms with Crippen molar-refractivity contribution in [3.05, 3.63) is 24.3 Å². The van der Waals surface area contributed by atoms with Crippen LogP contribution in [-0.4, -0.2) is 25.2 Å². The fourth-order valence-corrected chi connectivity index (χ4v) is 3.56. The number of unbranched alkanes of at least 4 members (excludes halogenated alkanes) is 11. The number of hydrogen-bond donors (Lipinski definition) is 0. The zero-order valence-corrected chi connectivity index (χ0v) is 18.5. The lowest BCUT2D eigenvalue weighted by Gasteiger charge is -2.16. The van der Waals surface area contributed by atoms with Crippen LogP contribution in [0.1, 0.15) is 103 Å². The fraction of sp³-hybridized carbons (Fsp3) is 0.760. The van der Waals surface area contributed by atoms with E-state index < -0.39 is 11.9 Å². The second-order valence-electron chi connectivity index (χ2n) is 8.17. The zero-order chi connectivity index (χ0) is 21.0. The molecule has 0 aromatic rings. The largest absolute Gasteiger partial charge is 0.463 e. The van der Waals surface area contributed by atoms with Crippen LogP contribution in [0.5, 0.6) is 0 Å². The molecule has 1 atom stereocenters. The minimum absolute atomic E-state index is 0.398. The SMILES string of the molecule is CCCCCCCCCCCCCCOC(=O)/C=C/C(=O)OCC1CC=CCC1. The van der Waals surface area contributed by atoms with E-state index in [4.69, 9.17) is 9.47 Å². The van der Waals surface area contributed by atoms with Crippen molar-refractivity contribution in [1.29, 1.82) is 0 Å². The summed E-state index contributed by atoms with van der Waals surface area (Å²) in [6, 6.07) is 0. The van der Waals surface area contributed by atoms with Gasteiger partial charge in [0, 0.05) is 12.2 Å². The van der Waals surface area contributed by atoms with Crippen molar-refractivity contribution in [2.24, 2.45) is 5.92 Å². The van der Waals surface area contributed by atoms with Crippen molar-refractivity contribution >= 4 is 11.9 Å². The molecule has 1 unspecified atom stereocenters. The van der Waals surface area contributed by atoms with Gasteiger partial charge in [0.25, 0.3) is 0 Å². The Balaban J connectivity index is 1.87. The van der Waals surface area contributed by atoms with Gasteiger partial charge in [0.2, 0.25) is 0 Å². The number of esters is 2. The van der Waals surface area contributed by atoms with Crippen molar-refractivity contribution in [1.82, 2.24) is 0 Å². The molecule has 0 heterocycles. The van der Waals surface area contributed by atoms with Crippen molar-refractivity contribution < 1.29 is 19.1 Å². The first-order valence-electron chi connectivity index (χ1n) is 11.9. The van der Waals surface area contributed by atoms with Crippen LogP contribution in [0.25, 0.3) is 0 Å². The highest BCUT2D eigenvalue weighted by molar-refractivity contribution is 5.91. The highest BCUT2D eigenvalue weighted by Gasteiger charge is 2.11. The van der Waals surface area contributed by atoms with Gasteiger partial charge >= 0.3 is 11.9 Å². The lowest BCUT2D eigenvalue weighted by Crippen LogP contribution is -2.14. The predicted molar refractivity (Wildman–Crippen MR) is 119 cm³/mol. The third-order valence-corrected chi connectivity index (χ3v) is 5.44. The predicted octanol–water partition coefficient (Wildman–Crippen LogP) is 6.69. The van der Waals surface area contributed by atoms with Gasteiger partial charge in [0.05, 0.1) is 13.2 Å². The van der Waals surface area contributed by atoms with Gasteiger partial charge in [-0.15, -0.1) is 0 Å². The zero-order valence-electron chi connectivity index (χ0n) is 18.5. The first kappa shape index (κ1) is 25.5. The van der Waals surface area contributed by atoms with E-state index in [-0.39, 0.29) is 0 Å². The highest BCUT2D eigenvalue weighted by Crippen LogP contribution is 2.18. The Bertz CT molecular complexity index is 481. The summed E-state index contributed by atoms with van der Waals surface area (Å²) in [5, 5.41) is 0. The third kappa shape index (κ3) is 16.0. The van der Waals surface area contributed by atoms with Crippen molar-refractivity contribution in [2.45, 2.75) is 103 Å². The molecule has 0 amide bonds. The van der Waals surface area contributed by atoms with Crippen molar-refractivity contribution in [3.63, 3.8) is 0 Å². The normalized spacial score (nSPS) is 16.2. The molecule has 1 aliphatic carbocycles. The summed E-state index contributed by atoms with van der Waals surface area (Å²) in [6.07, 6.45) is 25.0. The monoisotopic (exact) mass is 406 g/mol. The molecule has 29 heavy (non-hydrogen) atoms. The first-order valence-corrected chi connectivity index (χ1v) is 11.9. The molecule has 0 saturated heterocycles. The first-order chi connectivity index (χ1) is 14.2. The van der Waals surface area contributed by atoms with E-state index >= 15 is 0 Å². The average molecular weight is 407 g/mol. The number of rotatable bonds is 17. The van der Waals surface area contributed by atoms with Gasteiger partial charge in [-0.05, 0) is 31.6 Å². The van der Waals surface area contributed by atoms with Crippen LogP contribution in [0, 0.1) is 5.92 Å². The Morgan fingerprint density at radius 3 is 1.90 bits per heavy atom. The molecule has 0 radical (unpaired) electrons. The van der Waals surface area contributed by atoms with Gasteiger partial charge in [0.1, 0.15) is 0 Å². The molecule has 0 N–H and O–H groups in total. The molecule has 4 heteroatoms. The van der Waals surface area contributed by atoms with Crippen LogP contribution in [0.3, 0.4) is 0 Å². The summed E-state index contributed by atoms with van der Waals surface area (Å²) < 4.78 is 10.3. The Morgan fingerprint density at radius 1 is 0.793 bits per heavy atom. The van der Waals surface area contributed by atoms with Crippen LogP contribution in [0.4, 0.5) is 0 Å². The summed E-state index contributed by atoms with van der Waals surface area (Å²) >= 11 is 0. The Labute approximate surface area is 178 Å². The molecule has 0 bridgehead atoms. The summed E-state index contributed by atoms with van der Waals surface area (Å²) in [6.45, 7) is 3.09. The molecule has 166 valence electrons. The van der Waals surface area contributed by atoms with Crippen molar-refractivity contribution in [2.75, 3.05) is 13.2 Å². The van der Waals surface area contributed by atoms with Gasteiger partial charge < -0.3 is 9.47 Å². The van der Waals surface area contributed by atoms with Crippen LogP contribution < -0.4 is 0 Å². The third-order valence-electron chi connectivity index (χ3n) is 5.44. The number of carbonyl (C=O) groups is 2. The van der Waals surface area contributed by atoms with E-state index in [2.05, 4.69) is 19.1 Å². The second kappa shape index (κ2) is 18.4. The maximum absolute atomic E-state index is 11.6. The van der Waals surface area contributed by atoms with Crippen LogP contribution in [-0.2, 0) is 19.1 Å². The number of ether oxygens (including phenoxy) is 2. The van der Waals surface area contributed by atoms with Crippen molar-refractivity contribution in [3.8, 4) is 0 Å². The van der Waals surface area contributed by atoms with Gasteiger partial charge in [-0.3, -0.25) is 0 Å². The molecule has 0 saturated carbocycles. The number of hydrogen-bond acceptors (Lipinski definition) is 4. The smallest absolute Gasteiger partial charge is 0.331 e. The molecule has 0 fully saturated rings. The average Bonchev–Trinajstić information content (AvgIpc) is 2.74. The van der Waals surface area contributed by atoms with E-state index in [1.165, 1.54) is 76.4 Å². The number of carbonyl (C=O) groups excluding carboxylic acids is 2. The van der Waals surface area contributed by atoms with E-state index in [0.717, 1.165) is 32.1 Å². The van der Waals surface area contributed by atoms with Gasteiger partial charge in [-0.2, -0.15) is 0 Å². The molecule has 1 rings (SSSR count). The lowest BCUT2D eigenvalue weighted by molar-refractivity contribution is -0.141. The standard InChI is InChI=1S/C25H42O4/c1-2-3-4-5-6-7-8-9-10-11-12-16-21-28-24(26)19-20-25(27)29-22-23-17-14-13-15-18-23/h13-14,19-20,23H,2-12,15-18,21-22H2,1H3/b20-19+. The van der Waals surface area contributed by atoms with E-state index in [1.807, 2.05) is 0 Å². The molecular formula is C25H42O4. The maximum Gasteiger partial charge on any atom is 0.331 e. The Morgan fingerprint density at radius 2 is 1.34 bits per heavy atom. The summed E-state index contributed by atoms with van der Waals surface area (Å²) in [4.78, 5) is 23.3. The molecule has 0 spiro atoms. The minimum Gasteiger partial charge on any atom is -0.463 e. The highest BCUT2D eigenvalue weighted by atomic mass is 16.5. The van der Waals surface area contributed by atoms with Gasteiger partial charge in [-0.25, -0.2) is 9.59 Å². The van der Waals surface area contributed by atoms with Crippen LogP contribution in [0.2, 0.25) is 0 Å². The summed E-state index contributed by atoms with van der Waals surface area (Å²) in [5.74, 6) is -0.539. The summed E-state index contributed by atoms with van der Waals surface area (Å²) in [5.41, 5.74) is 0. The molecule has 1 aliphatic rings. The maximum atomic E-state index is 11.6. The molecule has 0 aromatic carbocycles. The van der Waals surface area contributed by atoms with E-state index in [0.29, 0.717) is 19.1 Å². The van der Waals surface area contributed by atoms with Crippen LogP contribution >= 0.6 is 0 Å². The fourth-order valence-electron chi connectivity index (χ4n) is 3.56. The molecule has 0 aromatic heterocycles. The van der Waals surface area contributed by atoms with Gasteiger partial charge in [-0.1, -0.05) is 89.7 Å². The Hall–Kier alpha value is -1.58. The molecular weight excluding hydrogens is 364 g/mol. The molecule has 0 aliphatic heterocycles.